The highest BCUT2D eigenvalue weighted by Crippen LogP contribution is 2.55. The third kappa shape index (κ3) is 6.65. The van der Waals surface area contributed by atoms with Crippen LogP contribution in [0.15, 0.2) is 36.5 Å². The van der Waals surface area contributed by atoms with E-state index in [1.807, 2.05) is 6.07 Å². The van der Waals surface area contributed by atoms with Crippen LogP contribution in [-0.4, -0.2) is 60.7 Å². The number of amides is 1. The minimum Gasteiger partial charge on any atom is -0.489 e. The van der Waals surface area contributed by atoms with Crippen molar-refractivity contribution in [3.8, 4) is 23.7 Å². The van der Waals surface area contributed by atoms with Crippen molar-refractivity contribution in [1.82, 2.24) is 20.5 Å². The first kappa shape index (κ1) is 31.1. The molecule has 0 unspecified atom stereocenters. The smallest absolute Gasteiger partial charge is 0.253 e. The van der Waals surface area contributed by atoms with Gasteiger partial charge in [-0.2, -0.15) is 5.26 Å². The van der Waals surface area contributed by atoms with Crippen molar-refractivity contribution in [2.75, 3.05) is 32.7 Å². The fourth-order valence-electron chi connectivity index (χ4n) is 6.69. The molecule has 41 heavy (non-hydrogen) atoms. The van der Waals surface area contributed by atoms with E-state index in [9.17, 15) is 4.79 Å². The number of nitrogens with one attached hydrogen (secondary N) is 2. The van der Waals surface area contributed by atoms with Gasteiger partial charge in [0.1, 0.15) is 23.6 Å². The number of nitrogens with zero attached hydrogens (tertiary/aromatic N) is 3. The summed E-state index contributed by atoms with van der Waals surface area (Å²) >= 11 is 6.20. The molecule has 1 amide bonds. The summed E-state index contributed by atoms with van der Waals surface area (Å²) in [6.07, 6.45) is 3.65. The number of hydrogen-bond donors (Lipinski definition) is 2. The van der Waals surface area contributed by atoms with E-state index >= 15 is 0 Å². The molecule has 0 spiro atoms. The summed E-state index contributed by atoms with van der Waals surface area (Å²) in [6.45, 7) is 14.1. The van der Waals surface area contributed by atoms with E-state index in [2.05, 4.69) is 66.1 Å². The van der Waals surface area contributed by atoms with Gasteiger partial charge in [0.15, 0.2) is 0 Å². The lowest BCUT2D eigenvalue weighted by molar-refractivity contribution is -0.164. The maximum atomic E-state index is 13.2. The van der Waals surface area contributed by atoms with Crippen molar-refractivity contribution in [2.45, 2.75) is 52.7 Å². The Labute approximate surface area is 254 Å². The number of hydrogen-bond acceptors (Lipinski definition) is 6. The molecule has 2 aromatic rings. The molecule has 3 heterocycles. The Morgan fingerprint density at radius 1 is 1.17 bits per heavy atom. The number of benzene rings is 1. The second-order valence-electron chi connectivity index (χ2n) is 12.6. The fraction of sp³-hybridized carbons (Fsp3) is 0.531. The summed E-state index contributed by atoms with van der Waals surface area (Å²) in [6, 6.07) is 10.7. The molecule has 218 valence electrons. The number of carbonyl (C=O) groups is 1. The summed E-state index contributed by atoms with van der Waals surface area (Å²) in [5.41, 5.74) is 0.957. The lowest BCUT2D eigenvalue weighted by Gasteiger charge is -2.63. The zero-order valence-corrected chi connectivity index (χ0v) is 25.7. The van der Waals surface area contributed by atoms with Crippen molar-refractivity contribution < 1.29 is 9.53 Å². The topological polar surface area (TPSA) is 90.3 Å². The minimum absolute atomic E-state index is 0. The van der Waals surface area contributed by atoms with E-state index < -0.39 is 0 Å². The summed E-state index contributed by atoms with van der Waals surface area (Å²) in [5, 5.41) is 16.1. The zero-order valence-electron chi connectivity index (χ0n) is 24.2. The van der Waals surface area contributed by atoms with Crippen molar-refractivity contribution >= 4 is 29.9 Å². The maximum Gasteiger partial charge on any atom is 0.253 e. The summed E-state index contributed by atoms with van der Waals surface area (Å²) in [5.74, 6) is 8.29. The Morgan fingerprint density at radius 2 is 1.88 bits per heavy atom. The maximum absolute atomic E-state index is 13.2. The molecule has 2 N–H and O–H groups in total. The van der Waals surface area contributed by atoms with Gasteiger partial charge < -0.3 is 20.3 Å². The third-order valence-electron chi connectivity index (χ3n) is 8.83. The number of pyridine rings is 1. The van der Waals surface area contributed by atoms with Crippen LogP contribution in [0.4, 0.5) is 0 Å². The Bertz CT molecular complexity index is 1330. The van der Waals surface area contributed by atoms with Crippen LogP contribution in [0.3, 0.4) is 0 Å². The van der Waals surface area contributed by atoms with Gasteiger partial charge in [0.2, 0.25) is 0 Å². The number of nitriles is 1. The first-order valence-corrected chi connectivity index (χ1v) is 14.5. The van der Waals surface area contributed by atoms with Crippen molar-refractivity contribution in [3.63, 3.8) is 0 Å². The minimum atomic E-state index is -0.331. The van der Waals surface area contributed by atoms with Gasteiger partial charge in [-0.3, -0.25) is 4.79 Å². The molecule has 3 fully saturated rings. The van der Waals surface area contributed by atoms with Crippen LogP contribution in [0.2, 0.25) is 5.02 Å². The molecule has 2 aliphatic heterocycles. The van der Waals surface area contributed by atoms with Gasteiger partial charge >= 0.3 is 0 Å². The molecule has 1 aromatic heterocycles. The Kier molecular flexibility index (Phi) is 9.56. The van der Waals surface area contributed by atoms with Crippen LogP contribution in [0.25, 0.3) is 0 Å². The highest BCUT2D eigenvalue weighted by Gasteiger charge is 2.64. The first-order valence-electron chi connectivity index (χ1n) is 14.2. The predicted molar refractivity (Wildman–Crippen MR) is 163 cm³/mol. The highest BCUT2D eigenvalue weighted by molar-refractivity contribution is 6.31. The molecule has 0 atom stereocenters. The van der Waals surface area contributed by atoms with Gasteiger partial charge in [-0.15, -0.1) is 12.4 Å². The van der Waals surface area contributed by atoms with Gasteiger partial charge in [-0.05, 0) is 62.0 Å². The highest BCUT2D eigenvalue weighted by atomic mass is 35.5. The number of carbonyl (C=O) groups excluding carboxylic acids is 1. The lowest BCUT2D eigenvalue weighted by Crippen LogP contribution is -2.74. The monoisotopic (exact) mass is 595 g/mol. The molecular formula is C32H39Cl2N5O2. The van der Waals surface area contributed by atoms with Crippen LogP contribution < -0.4 is 15.4 Å². The largest absolute Gasteiger partial charge is 0.489 e. The quantitative estimate of drug-likeness (QED) is 0.460. The predicted octanol–water partition coefficient (Wildman–Crippen LogP) is 4.92. The SMILES string of the molecule is CC1(C)C(NC(=O)c2ccc(C#CC3CCN(CC4CNC4)CC3)nc2)C(C)(C)C1Oc1ccc(C#N)c(Cl)c1.Cl. The van der Waals surface area contributed by atoms with E-state index in [4.69, 9.17) is 21.6 Å². The Balaban J connectivity index is 0.00000387. The molecule has 1 aliphatic carbocycles. The Morgan fingerprint density at radius 3 is 2.44 bits per heavy atom. The van der Waals surface area contributed by atoms with E-state index in [0.29, 0.717) is 33.5 Å². The average molecular weight is 597 g/mol. The van der Waals surface area contributed by atoms with Crippen molar-refractivity contribution in [1.29, 1.82) is 5.26 Å². The van der Waals surface area contributed by atoms with E-state index in [0.717, 1.165) is 44.9 Å². The second kappa shape index (κ2) is 12.6. The van der Waals surface area contributed by atoms with Gasteiger partial charge in [0.05, 0.1) is 16.1 Å². The molecule has 0 bridgehead atoms. The molecule has 1 aromatic carbocycles. The van der Waals surface area contributed by atoms with Crippen molar-refractivity contribution in [2.24, 2.45) is 22.7 Å². The van der Waals surface area contributed by atoms with E-state index in [1.54, 1.807) is 30.5 Å². The summed E-state index contributed by atoms with van der Waals surface area (Å²) < 4.78 is 6.32. The molecular weight excluding hydrogens is 557 g/mol. The zero-order chi connectivity index (χ0) is 28.5. The Hall–Kier alpha value is -2.81. The fourth-order valence-corrected chi connectivity index (χ4v) is 6.90. The van der Waals surface area contributed by atoms with Crippen LogP contribution >= 0.6 is 24.0 Å². The standard InChI is InChI=1S/C32H38ClN5O2.ClH/c1-31(2)29(32(3,4)30(31)40-26-10-7-23(16-34)27(33)15-26)37-28(39)24-6-9-25(36-19-24)8-5-21-11-13-38(14-12-21)20-22-17-35-18-22;/h6-7,9-10,15,19,21-22,29-30,35H,11-14,17-18,20H2,1-4H3,(H,37,39);1H. The normalized spacial score (nSPS) is 23.4. The van der Waals surface area contributed by atoms with Crippen LogP contribution in [0.5, 0.6) is 5.75 Å². The molecule has 1 saturated carbocycles. The van der Waals surface area contributed by atoms with Gasteiger partial charge in [-0.25, -0.2) is 4.98 Å². The number of halogens is 2. The van der Waals surface area contributed by atoms with E-state index in [1.165, 1.54) is 6.54 Å². The average Bonchev–Trinajstić information content (AvgIpc) is 2.92. The van der Waals surface area contributed by atoms with Crippen molar-refractivity contribution in [3.05, 3.63) is 58.4 Å². The number of likely N-dealkylation sites (tertiary alicyclic amines) is 1. The molecule has 3 aliphatic rings. The van der Waals surface area contributed by atoms with E-state index in [-0.39, 0.29) is 41.3 Å². The van der Waals surface area contributed by atoms with Crippen LogP contribution in [0.1, 0.15) is 62.2 Å². The van der Waals surface area contributed by atoms with Gasteiger partial charge in [0, 0.05) is 54.7 Å². The lowest BCUT2D eigenvalue weighted by atomic mass is 9.49. The molecule has 5 rings (SSSR count). The molecule has 7 nitrogen and oxygen atoms in total. The van der Waals surface area contributed by atoms with Gasteiger partial charge in [-0.1, -0.05) is 45.2 Å². The molecule has 9 heteroatoms. The molecule has 0 radical (unpaired) electrons. The van der Waals surface area contributed by atoms with Crippen LogP contribution in [-0.2, 0) is 0 Å². The third-order valence-corrected chi connectivity index (χ3v) is 9.14. The number of ether oxygens (including phenoxy) is 1. The first-order chi connectivity index (χ1) is 19.1. The second-order valence-corrected chi connectivity index (χ2v) is 13.0. The number of aromatic nitrogens is 1. The summed E-state index contributed by atoms with van der Waals surface area (Å²) in [7, 11) is 0. The summed E-state index contributed by atoms with van der Waals surface area (Å²) in [4.78, 5) is 20.2. The van der Waals surface area contributed by atoms with Gasteiger partial charge in [0.25, 0.3) is 5.91 Å². The van der Waals surface area contributed by atoms with Crippen LogP contribution in [0, 0.1) is 45.8 Å². The molecule has 2 saturated heterocycles. The number of piperidine rings is 1. The number of rotatable bonds is 6.